The first kappa shape index (κ1) is 18.6. The summed E-state index contributed by atoms with van der Waals surface area (Å²) < 4.78 is 49.4. The van der Waals surface area contributed by atoms with Gasteiger partial charge in [-0.2, -0.15) is 18.2 Å². The Morgan fingerprint density at radius 1 is 1.19 bits per heavy atom. The van der Waals surface area contributed by atoms with Gasteiger partial charge < -0.3 is 14.6 Å². The first-order valence-electron chi connectivity index (χ1n) is 8.42. The summed E-state index contributed by atoms with van der Waals surface area (Å²) in [5.41, 5.74) is -1.01. The maximum Gasteiger partial charge on any atom is 0.433 e. The second-order valence-electron chi connectivity index (χ2n) is 6.48. The molecule has 10 heteroatoms. The Balaban J connectivity index is 1.88. The fraction of sp³-hybridized carbons (Fsp3) is 0.625. The van der Waals surface area contributed by atoms with Crippen LogP contribution in [-0.2, 0) is 10.9 Å². The van der Waals surface area contributed by atoms with Gasteiger partial charge in [-0.3, -0.25) is 0 Å². The Bertz CT molecular complexity index is 729. The zero-order valence-corrected chi connectivity index (χ0v) is 14.5. The van der Waals surface area contributed by atoms with E-state index in [0.29, 0.717) is 24.9 Å². The van der Waals surface area contributed by atoms with Crippen molar-refractivity contribution >= 4 is 5.95 Å². The van der Waals surface area contributed by atoms with E-state index in [4.69, 9.17) is 9.26 Å². The Morgan fingerprint density at radius 2 is 1.92 bits per heavy atom. The molecule has 142 valence electrons. The van der Waals surface area contributed by atoms with Gasteiger partial charge in [0.25, 0.3) is 0 Å². The lowest BCUT2D eigenvalue weighted by molar-refractivity contribution is -0.141. The average Bonchev–Trinajstić information content (AvgIpc) is 3.10. The number of halogens is 3. The van der Waals surface area contributed by atoms with Crippen LogP contribution < -0.4 is 5.32 Å². The van der Waals surface area contributed by atoms with Crippen LogP contribution in [-0.4, -0.2) is 33.3 Å². The lowest BCUT2D eigenvalue weighted by Gasteiger charge is -2.28. The van der Waals surface area contributed by atoms with Gasteiger partial charge in [0.05, 0.1) is 0 Å². The smallest absolute Gasteiger partial charge is 0.381 e. The van der Waals surface area contributed by atoms with E-state index in [1.54, 1.807) is 0 Å². The van der Waals surface area contributed by atoms with Gasteiger partial charge in [-0.1, -0.05) is 19.0 Å². The molecule has 0 saturated carbocycles. The Labute approximate surface area is 148 Å². The molecule has 0 aromatic carbocycles. The van der Waals surface area contributed by atoms with Crippen LogP contribution in [0.1, 0.15) is 56.1 Å². The summed E-state index contributed by atoms with van der Waals surface area (Å²) in [7, 11) is 0. The van der Waals surface area contributed by atoms with Gasteiger partial charge >= 0.3 is 6.18 Å². The lowest BCUT2D eigenvalue weighted by Crippen LogP contribution is -2.28. The molecule has 1 aliphatic rings. The summed E-state index contributed by atoms with van der Waals surface area (Å²) >= 11 is 0. The molecule has 0 bridgehead atoms. The maximum absolute atomic E-state index is 12.9. The predicted octanol–water partition coefficient (Wildman–Crippen LogP) is 3.58. The monoisotopic (exact) mass is 371 g/mol. The third-order valence-electron chi connectivity index (χ3n) is 4.21. The number of aromatic nitrogens is 4. The van der Waals surface area contributed by atoms with Crippen molar-refractivity contribution in [1.82, 2.24) is 20.1 Å². The van der Waals surface area contributed by atoms with Crippen LogP contribution >= 0.6 is 0 Å². The Hall–Kier alpha value is -2.23. The van der Waals surface area contributed by atoms with Crippen LogP contribution in [0.25, 0.3) is 0 Å². The van der Waals surface area contributed by atoms with E-state index in [0.717, 1.165) is 25.1 Å². The van der Waals surface area contributed by atoms with Crippen molar-refractivity contribution in [1.29, 1.82) is 0 Å². The standard InChI is InChI=1S/C16H20F3N5O2/c1-9(2)13-23-14(26-24-13)12(10-4-7-25-8-5-10)22-15-20-6-3-11(21-15)16(17,18)19/h3,6,9-10,12H,4-5,7-8H2,1-2H3,(H,20,21,22)/t12-/m1/s1. The van der Waals surface area contributed by atoms with Crippen LogP contribution in [0.15, 0.2) is 16.8 Å². The molecule has 0 amide bonds. The van der Waals surface area contributed by atoms with Crippen molar-refractivity contribution in [3.63, 3.8) is 0 Å². The van der Waals surface area contributed by atoms with Gasteiger partial charge in [-0.25, -0.2) is 9.97 Å². The van der Waals surface area contributed by atoms with E-state index >= 15 is 0 Å². The highest BCUT2D eigenvalue weighted by Crippen LogP contribution is 2.33. The van der Waals surface area contributed by atoms with E-state index in [2.05, 4.69) is 25.4 Å². The molecule has 1 atom stereocenters. The van der Waals surface area contributed by atoms with Crippen molar-refractivity contribution < 1.29 is 22.4 Å². The maximum atomic E-state index is 12.9. The number of nitrogens with zero attached hydrogens (tertiary/aromatic N) is 4. The van der Waals surface area contributed by atoms with Crippen molar-refractivity contribution in [3.05, 3.63) is 29.7 Å². The highest BCUT2D eigenvalue weighted by atomic mass is 19.4. The topological polar surface area (TPSA) is 86.0 Å². The fourth-order valence-electron chi connectivity index (χ4n) is 2.76. The molecule has 3 rings (SSSR count). The highest BCUT2D eigenvalue weighted by Gasteiger charge is 2.34. The quantitative estimate of drug-likeness (QED) is 0.860. The van der Waals surface area contributed by atoms with Gasteiger partial charge in [-0.15, -0.1) is 0 Å². The molecule has 1 aliphatic heterocycles. The number of ether oxygens (including phenoxy) is 1. The van der Waals surface area contributed by atoms with Crippen molar-refractivity contribution in [2.75, 3.05) is 18.5 Å². The van der Waals surface area contributed by atoms with E-state index < -0.39 is 17.9 Å². The summed E-state index contributed by atoms with van der Waals surface area (Å²) in [6, 6.07) is 0.348. The molecule has 1 N–H and O–H groups in total. The molecule has 0 aliphatic carbocycles. The van der Waals surface area contributed by atoms with Gasteiger partial charge in [0.2, 0.25) is 11.8 Å². The molecule has 1 fully saturated rings. The van der Waals surface area contributed by atoms with Gasteiger partial charge in [0, 0.05) is 25.3 Å². The zero-order valence-electron chi connectivity index (χ0n) is 14.5. The molecule has 0 unspecified atom stereocenters. The van der Waals surface area contributed by atoms with Gasteiger partial charge in [0.1, 0.15) is 11.7 Å². The molecule has 7 nitrogen and oxygen atoms in total. The number of hydrogen-bond donors (Lipinski definition) is 1. The van der Waals surface area contributed by atoms with Crippen LogP contribution in [0.2, 0.25) is 0 Å². The fourth-order valence-corrected chi connectivity index (χ4v) is 2.76. The molecule has 26 heavy (non-hydrogen) atoms. The summed E-state index contributed by atoms with van der Waals surface area (Å²) in [5.74, 6) is 0.876. The third kappa shape index (κ3) is 4.29. The summed E-state index contributed by atoms with van der Waals surface area (Å²) in [4.78, 5) is 11.9. The average molecular weight is 371 g/mol. The summed E-state index contributed by atoms with van der Waals surface area (Å²) in [5, 5.41) is 6.91. The van der Waals surface area contributed by atoms with E-state index in [9.17, 15) is 13.2 Å². The first-order valence-corrected chi connectivity index (χ1v) is 8.42. The van der Waals surface area contributed by atoms with Gasteiger partial charge in [0.15, 0.2) is 5.82 Å². The van der Waals surface area contributed by atoms with Crippen molar-refractivity contribution in [3.8, 4) is 0 Å². The van der Waals surface area contributed by atoms with Crippen LogP contribution in [0.3, 0.4) is 0 Å². The van der Waals surface area contributed by atoms with Crippen LogP contribution in [0, 0.1) is 5.92 Å². The molecular formula is C16H20F3N5O2. The molecule has 2 aromatic heterocycles. The summed E-state index contributed by atoms with van der Waals surface area (Å²) in [6.45, 7) is 5.00. The van der Waals surface area contributed by atoms with Gasteiger partial charge in [-0.05, 0) is 24.8 Å². The van der Waals surface area contributed by atoms with Crippen LogP contribution in [0.4, 0.5) is 19.1 Å². The SMILES string of the molecule is CC(C)c1noc([C@H](Nc2nccc(C(F)(F)F)n2)C2CCOCC2)n1. The molecule has 3 heterocycles. The number of rotatable bonds is 5. The lowest BCUT2D eigenvalue weighted by atomic mass is 9.91. The molecule has 2 aromatic rings. The van der Waals surface area contributed by atoms with Crippen molar-refractivity contribution in [2.24, 2.45) is 5.92 Å². The minimum Gasteiger partial charge on any atom is -0.381 e. The van der Waals surface area contributed by atoms with E-state index in [-0.39, 0.29) is 17.8 Å². The van der Waals surface area contributed by atoms with Crippen molar-refractivity contribution in [2.45, 2.75) is 44.8 Å². The second-order valence-corrected chi connectivity index (χ2v) is 6.48. The molecule has 0 spiro atoms. The number of alkyl halides is 3. The zero-order chi connectivity index (χ0) is 18.7. The third-order valence-corrected chi connectivity index (χ3v) is 4.21. The normalized spacial score (nSPS) is 17.5. The predicted molar refractivity (Wildman–Crippen MR) is 85.3 cm³/mol. The number of nitrogens with one attached hydrogen (secondary N) is 1. The number of anilines is 1. The van der Waals surface area contributed by atoms with Crippen LogP contribution in [0.5, 0.6) is 0 Å². The molecule has 0 radical (unpaired) electrons. The van der Waals surface area contributed by atoms with E-state index in [1.165, 1.54) is 0 Å². The minimum absolute atomic E-state index is 0.0577. The summed E-state index contributed by atoms with van der Waals surface area (Å²) in [6.07, 6.45) is -2.03. The molecular weight excluding hydrogens is 351 g/mol. The number of hydrogen-bond acceptors (Lipinski definition) is 7. The van der Waals surface area contributed by atoms with E-state index in [1.807, 2.05) is 13.8 Å². The largest absolute Gasteiger partial charge is 0.433 e. The highest BCUT2D eigenvalue weighted by molar-refractivity contribution is 5.29. The molecule has 1 saturated heterocycles. The second kappa shape index (κ2) is 7.56. The Morgan fingerprint density at radius 3 is 2.54 bits per heavy atom. The minimum atomic E-state index is -4.54. The Kier molecular flexibility index (Phi) is 5.40. The first-order chi connectivity index (χ1) is 12.3.